The maximum absolute atomic E-state index is 11.8. The third-order valence-electron chi connectivity index (χ3n) is 1.60. The lowest BCUT2D eigenvalue weighted by atomic mass is 10.1. The van der Waals surface area contributed by atoms with E-state index in [4.69, 9.17) is 10.9 Å². The lowest BCUT2D eigenvalue weighted by molar-refractivity contribution is -0.121. The first-order chi connectivity index (χ1) is 7.40. The van der Waals surface area contributed by atoms with Crippen LogP contribution in [0.1, 0.15) is 13.8 Å². The van der Waals surface area contributed by atoms with Crippen LogP contribution in [0.2, 0.25) is 0 Å². The Morgan fingerprint density at radius 2 is 1.88 bits per heavy atom. The summed E-state index contributed by atoms with van der Waals surface area (Å²) in [6, 6.07) is 0. The van der Waals surface area contributed by atoms with Gasteiger partial charge in [0.25, 0.3) is 10.2 Å². The number of nitrogens with two attached hydrogens (primary N) is 1. The molecule has 0 heterocycles. The molecule has 0 aliphatic rings. The molecule has 0 spiro atoms. The number of oxime groups is 1. The highest BCUT2D eigenvalue weighted by atomic mass is 32.2. The average molecular weight is 278 g/mol. The van der Waals surface area contributed by atoms with Crippen molar-refractivity contribution in [1.29, 1.82) is 0 Å². The predicted octanol–water partition coefficient (Wildman–Crippen LogP) is -0.502. The van der Waals surface area contributed by atoms with Crippen molar-refractivity contribution < 1.29 is 26.8 Å². The fourth-order valence-corrected chi connectivity index (χ4v) is 1.93. The van der Waals surface area contributed by atoms with Gasteiger partial charge in [-0.15, -0.1) is 0 Å². The fourth-order valence-electron chi connectivity index (χ4n) is 0.726. The highest BCUT2D eigenvalue weighted by molar-refractivity contribution is 7.87. The lowest BCUT2D eigenvalue weighted by Gasteiger charge is -2.24. The minimum Gasteiger partial charge on any atom is -0.409 e. The van der Waals surface area contributed by atoms with Gasteiger partial charge in [0.2, 0.25) is 0 Å². The number of hydrogen-bond donors (Lipinski definition) is 4. The topological polar surface area (TPSA) is 117 Å². The molecule has 0 bridgehead atoms. The molecule has 0 atom stereocenters. The molecule has 102 valence electrons. The predicted molar refractivity (Wildman–Crippen MR) is 53.6 cm³/mol. The molecule has 0 unspecified atom stereocenters. The van der Waals surface area contributed by atoms with Gasteiger partial charge in [0.05, 0.1) is 5.54 Å². The first-order valence-electron chi connectivity index (χ1n) is 4.23. The third-order valence-corrected chi connectivity index (χ3v) is 2.90. The van der Waals surface area contributed by atoms with Crippen molar-refractivity contribution in [3.63, 3.8) is 0 Å². The van der Waals surface area contributed by atoms with Gasteiger partial charge in [-0.2, -0.15) is 31.0 Å². The van der Waals surface area contributed by atoms with E-state index in [1.807, 2.05) is 0 Å². The molecule has 0 rings (SSSR count). The Labute approximate surface area is 96.0 Å². The number of amidine groups is 1. The molecule has 0 fully saturated rings. The van der Waals surface area contributed by atoms with E-state index in [-0.39, 0.29) is 0 Å². The number of rotatable bonds is 5. The summed E-state index contributed by atoms with van der Waals surface area (Å²) in [5.74, 6) is -0.491. The van der Waals surface area contributed by atoms with E-state index in [0.717, 1.165) is 0 Å². The molecular weight excluding hydrogens is 265 g/mol. The first-order valence-corrected chi connectivity index (χ1v) is 5.71. The van der Waals surface area contributed by atoms with Crippen LogP contribution in [-0.4, -0.2) is 37.7 Å². The number of halogens is 3. The Morgan fingerprint density at radius 3 is 2.24 bits per heavy atom. The quantitative estimate of drug-likeness (QED) is 0.235. The first kappa shape index (κ1) is 15.9. The summed E-state index contributed by atoms with van der Waals surface area (Å²) in [6.45, 7) is 0.721. The summed E-state index contributed by atoms with van der Waals surface area (Å²) >= 11 is 0. The summed E-state index contributed by atoms with van der Waals surface area (Å²) in [6.07, 6.45) is -4.67. The van der Waals surface area contributed by atoms with Gasteiger partial charge in [-0.05, 0) is 13.8 Å². The SMILES string of the molecule is CC(C)(NS(=O)(=O)NCC(F)(F)F)C(N)=NO. The zero-order chi connectivity index (χ0) is 13.9. The van der Waals surface area contributed by atoms with E-state index in [9.17, 15) is 21.6 Å². The standard InChI is InChI=1S/C6H13F3N4O3S/c1-5(2,4(10)12-14)13-17(15,16)11-3-6(7,8)9/h11,13-14H,3H2,1-2H3,(H2,10,12). The summed E-state index contributed by atoms with van der Waals surface area (Å²) < 4.78 is 60.9. The van der Waals surface area contributed by atoms with Gasteiger partial charge in [-0.3, -0.25) is 0 Å². The Kier molecular flexibility index (Phi) is 4.74. The molecule has 0 aromatic carbocycles. The summed E-state index contributed by atoms with van der Waals surface area (Å²) in [5.41, 5.74) is 3.64. The second-order valence-electron chi connectivity index (χ2n) is 3.65. The van der Waals surface area contributed by atoms with Crippen molar-refractivity contribution in [3.05, 3.63) is 0 Å². The molecule has 5 N–H and O–H groups in total. The normalized spacial score (nSPS) is 15.0. The minimum atomic E-state index is -4.67. The van der Waals surface area contributed by atoms with Gasteiger partial charge in [-0.25, -0.2) is 0 Å². The Hall–Kier alpha value is -1.07. The van der Waals surface area contributed by atoms with E-state index < -0.39 is 34.3 Å². The number of alkyl halides is 3. The molecule has 11 heteroatoms. The minimum absolute atomic E-state index is 0.491. The molecule has 0 aliphatic carbocycles. The molecule has 0 radical (unpaired) electrons. The van der Waals surface area contributed by atoms with E-state index in [1.54, 1.807) is 4.72 Å². The second kappa shape index (κ2) is 5.06. The molecule has 0 amide bonds. The van der Waals surface area contributed by atoms with Crippen molar-refractivity contribution in [2.75, 3.05) is 6.54 Å². The largest absolute Gasteiger partial charge is 0.409 e. The molecule has 17 heavy (non-hydrogen) atoms. The Morgan fingerprint density at radius 1 is 1.41 bits per heavy atom. The highest BCUT2D eigenvalue weighted by Gasteiger charge is 2.33. The van der Waals surface area contributed by atoms with Crippen LogP contribution in [0.25, 0.3) is 0 Å². The highest BCUT2D eigenvalue weighted by Crippen LogP contribution is 2.13. The third kappa shape index (κ3) is 6.28. The fraction of sp³-hybridized carbons (Fsp3) is 0.833. The molecule has 0 aromatic heterocycles. The van der Waals surface area contributed by atoms with Crippen LogP contribution in [0.3, 0.4) is 0 Å². The Bertz CT molecular complexity index is 390. The molecule has 7 nitrogen and oxygen atoms in total. The zero-order valence-electron chi connectivity index (χ0n) is 9.04. The van der Waals surface area contributed by atoms with Crippen LogP contribution in [0.4, 0.5) is 13.2 Å². The summed E-state index contributed by atoms with van der Waals surface area (Å²) in [4.78, 5) is 0. The van der Waals surface area contributed by atoms with Crippen LogP contribution in [0.5, 0.6) is 0 Å². The van der Waals surface area contributed by atoms with Gasteiger partial charge < -0.3 is 10.9 Å². The van der Waals surface area contributed by atoms with Crippen LogP contribution in [0.15, 0.2) is 5.16 Å². The van der Waals surface area contributed by atoms with Crippen molar-refractivity contribution in [1.82, 2.24) is 9.44 Å². The van der Waals surface area contributed by atoms with Crippen molar-refractivity contribution in [2.24, 2.45) is 10.9 Å². The van der Waals surface area contributed by atoms with Crippen molar-refractivity contribution >= 4 is 16.0 Å². The van der Waals surface area contributed by atoms with Crippen LogP contribution >= 0.6 is 0 Å². The van der Waals surface area contributed by atoms with E-state index in [0.29, 0.717) is 0 Å². The van der Waals surface area contributed by atoms with Crippen molar-refractivity contribution in [2.45, 2.75) is 25.6 Å². The van der Waals surface area contributed by atoms with Crippen molar-refractivity contribution in [3.8, 4) is 0 Å². The van der Waals surface area contributed by atoms with Gasteiger partial charge in [0, 0.05) is 0 Å². The second-order valence-corrected chi connectivity index (χ2v) is 5.15. The molecular formula is C6H13F3N4O3S. The maximum atomic E-state index is 11.8. The lowest BCUT2D eigenvalue weighted by Crippen LogP contribution is -2.56. The maximum Gasteiger partial charge on any atom is 0.402 e. The van der Waals surface area contributed by atoms with Crippen LogP contribution in [-0.2, 0) is 10.2 Å². The van der Waals surface area contributed by atoms with E-state index in [1.165, 1.54) is 18.6 Å². The number of hydrogen-bond acceptors (Lipinski definition) is 4. The molecule has 0 saturated carbocycles. The Balaban J connectivity index is 4.67. The van der Waals surface area contributed by atoms with Gasteiger partial charge in [0.15, 0.2) is 5.84 Å². The van der Waals surface area contributed by atoms with E-state index in [2.05, 4.69) is 5.16 Å². The summed E-state index contributed by atoms with van der Waals surface area (Å²) in [5, 5.41) is 10.9. The molecule has 0 aliphatic heterocycles. The van der Waals surface area contributed by atoms with Crippen LogP contribution in [0, 0.1) is 0 Å². The average Bonchev–Trinajstić information content (AvgIpc) is 2.11. The number of nitrogens with zero attached hydrogens (tertiary/aromatic N) is 1. The van der Waals surface area contributed by atoms with Crippen LogP contribution < -0.4 is 15.2 Å². The van der Waals surface area contributed by atoms with Gasteiger partial charge in [0.1, 0.15) is 6.54 Å². The summed E-state index contributed by atoms with van der Waals surface area (Å²) in [7, 11) is -4.42. The smallest absolute Gasteiger partial charge is 0.402 e. The van der Waals surface area contributed by atoms with Gasteiger partial charge >= 0.3 is 6.18 Å². The zero-order valence-corrected chi connectivity index (χ0v) is 9.85. The molecule has 0 aromatic rings. The van der Waals surface area contributed by atoms with E-state index >= 15 is 0 Å². The number of nitrogens with one attached hydrogen (secondary N) is 2. The monoisotopic (exact) mass is 278 g/mol. The van der Waals surface area contributed by atoms with Gasteiger partial charge in [-0.1, -0.05) is 5.16 Å². The molecule has 0 saturated heterocycles.